The standard InChI is InChI=1S/C20H25N3O/c21-14-18-7-4-12-23(18)20(24)19(22)13-15-8-10-17(11-9-15)16-5-2-1-3-6-16/h1-3,5-6,8-11,18-19H,4,7,12-14,21-22H2/t18-,19-/m0/s1. The number of carbonyl (C=O) groups is 1. The van der Waals surface area contributed by atoms with Crippen molar-refractivity contribution in [2.75, 3.05) is 13.1 Å². The van der Waals surface area contributed by atoms with Crippen molar-refractivity contribution in [2.24, 2.45) is 11.5 Å². The lowest BCUT2D eigenvalue weighted by Gasteiger charge is -2.26. The number of rotatable bonds is 5. The van der Waals surface area contributed by atoms with E-state index in [4.69, 9.17) is 11.5 Å². The monoisotopic (exact) mass is 323 g/mol. The molecule has 0 saturated carbocycles. The van der Waals surface area contributed by atoms with Gasteiger partial charge in [-0.05, 0) is 36.0 Å². The Morgan fingerprint density at radius 2 is 1.75 bits per heavy atom. The second-order valence-electron chi connectivity index (χ2n) is 6.44. The molecule has 0 bridgehead atoms. The fourth-order valence-electron chi connectivity index (χ4n) is 3.39. The molecule has 0 aliphatic carbocycles. The highest BCUT2D eigenvalue weighted by molar-refractivity contribution is 5.82. The second-order valence-corrected chi connectivity index (χ2v) is 6.44. The van der Waals surface area contributed by atoms with Crippen LogP contribution in [-0.4, -0.2) is 36.0 Å². The van der Waals surface area contributed by atoms with Crippen molar-refractivity contribution < 1.29 is 4.79 Å². The maximum absolute atomic E-state index is 12.6. The molecule has 2 aromatic carbocycles. The molecule has 1 amide bonds. The average molecular weight is 323 g/mol. The number of amides is 1. The largest absolute Gasteiger partial charge is 0.337 e. The van der Waals surface area contributed by atoms with Crippen molar-refractivity contribution in [3.8, 4) is 11.1 Å². The molecule has 1 saturated heterocycles. The van der Waals surface area contributed by atoms with Crippen LogP contribution in [0.4, 0.5) is 0 Å². The maximum Gasteiger partial charge on any atom is 0.240 e. The van der Waals surface area contributed by atoms with Crippen LogP contribution in [0.3, 0.4) is 0 Å². The van der Waals surface area contributed by atoms with E-state index in [0.717, 1.165) is 24.9 Å². The Morgan fingerprint density at radius 1 is 1.08 bits per heavy atom. The van der Waals surface area contributed by atoms with Crippen LogP contribution in [0, 0.1) is 0 Å². The molecule has 0 spiro atoms. The molecule has 4 N–H and O–H groups in total. The number of nitrogens with zero attached hydrogens (tertiary/aromatic N) is 1. The highest BCUT2D eigenvalue weighted by atomic mass is 16.2. The zero-order chi connectivity index (χ0) is 16.9. The van der Waals surface area contributed by atoms with Crippen LogP contribution in [0.15, 0.2) is 54.6 Å². The lowest BCUT2D eigenvalue weighted by atomic mass is 10.0. The number of nitrogens with two attached hydrogens (primary N) is 2. The number of hydrogen-bond donors (Lipinski definition) is 2. The normalized spacial score (nSPS) is 18.6. The summed E-state index contributed by atoms with van der Waals surface area (Å²) in [6.45, 7) is 1.30. The summed E-state index contributed by atoms with van der Waals surface area (Å²) in [5, 5.41) is 0. The molecule has 2 atom stereocenters. The van der Waals surface area contributed by atoms with Gasteiger partial charge in [-0.15, -0.1) is 0 Å². The topological polar surface area (TPSA) is 72.3 Å². The summed E-state index contributed by atoms with van der Waals surface area (Å²) in [6, 6.07) is 18.2. The minimum atomic E-state index is -0.500. The molecule has 1 heterocycles. The summed E-state index contributed by atoms with van der Waals surface area (Å²) in [5.74, 6) is 0.0232. The van der Waals surface area contributed by atoms with E-state index in [0.29, 0.717) is 13.0 Å². The van der Waals surface area contributed by atoms with Gasteiger partial charge in [-0.25, -0.2) is 0 Å². The number of hydrogen-bond acceptors (Lipinski definition) is 3. The first-order valence-electron chi connectivity index (χ1n) is 8.59. The Hall–Kier alpha value is -2.17. The molecule has 1 fully saturated rings. The van der Waals surface area contributed by atoms with Gasteiger partial charge in [0.2, 0.25) is 5.91 Å². The molecule has 4 nitrogen and oxygen atoms in total. The van der Waals surface area contributed by atoms with E-state index in [-0.39, 0.29) is 11.9 Å². The SMILES string of the molecule is NC[C@@H]1CCCN1C(=O)[C@@H](N)Cc1ccc(-c2ccccc2)cc1. The third-order valence-electron chi connectivity index (χ3n) is 4.77. The summed E-state index contributed by atoms with van der Waals surface area (Å²) in [7, 11) is 0. The first kappa shape index (κ1) is 16.7. The molecular weight excluding hydrogens is 298 g/mol. The van der Waals surface area contributed by atoms with Crippen LogP contribution in [0.2, 0.25) is 0 Å². The highest BCUT2D eigenvalue weighted by Gasteiger charge is 2.30. The third kappa shape index (κ3) is 3.66. The molecule has 24 heavy (non-hydrogen) atoms. The maximum atomic E-state index is 12.6. The average Bonchev–Trinajstić information content (AvgIpc) is 3.11. The zero-order valence-corrected chi connectivity index (χ0v) is 13.9. The van der Waals surface area contributed by atoms with E-state index in [1.165, 1.54) is 11.1 Å². The Morgan fingerprint density at radius 3 is 2.42 bits per heavy atom. The molecule has 0 radical (unpaired) electrons. The minimum Gasteiger partial charge on any atom is -0.337 e. The highest BCUT2D eigenvalue weighted by Crippen LogP contribution is 2.21. The van der Waals surface area contributed by atoms with Gasteiger partial charge in [0.25, 0.3) is 0 Å². The molecule has 0 aromatic heterocycles. The van der Waals surface area contributed by atoms with Crippen molar-refractivity contribution in [1.29, 1.82) is 0 Å². The van der Waals surface area contributed by atoms with Gasteiger partial charge >= 0.3 is 0 Å². The van der Waals surface area contributed by atoms with Crippen molar-refractivity contribution in [1.82, 2.24) is 4.90 Å². The van der Waals surface area contributed by atoms with Gasteiger partial charge in [0.15, 0.2) is 0 Å². The van der Waals surface area contributed by atoms with E-state index in [1.807, 2.05) is 23.1 Å². The molecule has 0 unspecified atom stereocenters. The quantitative estimate of drug-likeness (QED) is 0.886. The number of benzene rings is 2. The lowest BCUT2D eigenvalue weighted by Crippen LogP contribution is -2.48. The molecule has 4 heteroatoms. The molecule has 1 aliphatic heterocycles. The summed E-state index contributed by atoms with van der Waals surface area (Å²) in [5.41, 5.74) is 15.4. The van der Waals surface area contributed by atoms with Crippen molar-refractivity contribution in [3.63, 3.8) is 0 Å². The third-order valence-corrected chi connectivity index (χ3v) is 4.77. The van der Waals surface area contributed by atoms with Gasteiger partial charge in [0.1, 0.15) is 0 Å². The van der Waals surface area contributed by atoms with Gasteiger partial charge < -0.3 is 16.4 Å². The van der Waals surface area contributed by atoms with Crippen LogP contribution in [-0.2, 0) is 11.2 Å². The predicted octanol–water partition coefficient (Wildman–Crippen LogP) is 2.17. The Kier molecular flexibility index (Phi) is 5.28. The van der Waals surface area contributed by atoms with Crippen LogP contribution in [0.5, 0.6) is 0 Å². The first-order valence-corrected chi connectivity index (χ1v) is 8.59. The predicted molar refractivity (Wildman–Crippen MR) is 97.3 cm³/mol. The molecule has 2 aromatic rings. The van der Waals surface area contributed by atoms with Crippen molar-refractivity contribution in [3.05, 3.63) is 60.2 Å². The van der Waals surface area contributed by atoms with Gasteiger partial charge in [-0.1, -0.05) is 54.6 Å². The summed E-state index contributed by atoms with van der Waals surface area (Å²) < 4.78 is 0. The van der Waals surface area contributed by atoms with E-state index in [1.54, 1.807) is 0 Å². The van der Waals surface area contributed by atoms with E-state index in [2.05, 4.69) is 36.4 Å². The second kappa shape index (κ2) is 7.60. The van der Waals surface area contributed by atoms with Crippen molar-refractivity contribution in [2.45, 2.75) is 31.3 Å². The summed E-state index contributed by atoms with van der Waals surface area (Å²) in [4.78, 5) is 14.4. The molecular formula is C20H25N3O. The van der Waals surface area contributed by atoms with Crippen LogP contribution < -0.4 is 11.5 Å². The molecule has 1 aliphatic rings. The van der Waals surface area contributed by atoms with Crippen LogP contribution in [0.25, 0.3) is 11.1 Å². The lowest BCUT2D eigenvalue weighted by molar-refractivity contribution is -0.133. The number of likely N-dealkylation sites (tertiary alicyclic amines) is 1. The van der Waals surface area contributed by atoms with E-state index >= 15 is 0 Å². The molecule has 3 rings (SSSR count). The van der Waals surface area contributed by atoms with Crippen LogP contribution in [0.1, 0.15) is 18.4 Å². The zero-order valence-electron chi connectivity index (χ0n) is 13.9. The minimum absolute atomic E-state index is 0.0232. The van der Waals surface area contributed by atoms with Crippen molar-refractivity contribution >= 4 is 5.91 Å². The smallest absolute Gasteiger partial charge is 0.240 e. The van der Waals surface area contributed by atoms with E-state index in [9.17, 15) is 4.79 Å². The van der Waals surface area contributed by atoms with Gasteiger partial charge in [0.05, 0.1) is 6.04 Å². The fraction of sp³-hybridized carbons (Fsp3) is 0.350. The van der Waals surface area contributed by atoms with Gasteiger partial charge in [-0.3, -0.25) is 4.79 Å². The fourth-order valence-corrected chi connectivity index (χ4v) is 3.39. The van der Waals surface area contributed by atoms with Gasteiger partial charge in [0, 0.05) is 19.1 Å². The summed E-state index contributed by atoms with van der Waals surface area (Å²) in [6.07, 6.45) is 2.56. The van der Waals surface area contributed by atoms with Gasteiger partial charge in [-0.2, -0.15) is 0 Å². The molecule has 126 valence electrons. The Bertz CT molecular complexity index is 669. The Balaban J connectivity index is 1.64. The Labute approximate surface area is 143 Å². The number of carbonyl (C=O) groups excluding carboxylic acids is 1. The van der Waals surface area contributed by atoms with Crippen LogP contribution >= 0.6 is 0 Å². The first-order chi connectivity index (χ1) is 11.7. The summed E-state index contributed by atoms with van der Waals surface area (Å²) >= 11 is 0. The van der Waals surface area contributed by atoms with E-state index < -0.39 is 6.04 Å².